The molecule has 1 aromatic rings. The van der Waals surface area contributed by atoms with Crippen LogP contribution in [0.2, 0.25) is 0 Å². The van der Waals surface area contributed by atoms with Crippen LogP contribution in [0.15, 0.2) is 12.2 Å². The first kappa shape index (κ1) is 1.51. The predicted molar refractivity (Wildman–Crippen MR) is 38.1 cm³/mol. The molecule has 0 aromatic carbocycles. The van der Waals surface area contributed by atoms with Crippen molar-refractivity contribution in [2.24, 2.45) is 0 Å². The Bertz CT molecular complexity index is 447. The minimum atomic E-state index is -2.75. The van der Waals surface area contributed by atoms with Gasteiger partial charge in [-0.2, -0.15) is 0 Å². The van der Waals surface area contributed by atoms with Crippen molar-refractivity contribution in [1.29, 1.82) is 0 Å². The van der Waals surface area contributed by atoms with Crippen LogP contribution in [0.5, 0.6) is 0 Å². The lowest BCUT2D eigenvalue weighted by Gasteiger charge is -1.97. The quantitative estimate of drug-likeness (QED) is 0.574. The van der Waals surface area contributed by atoms with Crippen molar-refractivity contribution >= 4 is 5.69 Å². The number of aromatic nitrogens is 1. The Morgan fingerprint density at radius 2 is 2.67 bits per heavy atom. The van der Waals surface area contributed by atoms with E-state index in [9.17, 15) is 0 Å². The molecule has 48 valence electrons. The van der Waals surface area contributed by atoms with Crippen molar-refractivity contribution in [2.45, 2.75) is 13.7 Å². The Morgan fingerprint density at radius 1 is 1.78 bits per heavy atom. The zero-order valence-electron chi connectivity index (χ0n) is 12.5. The summed E-state index contributed by atoms with van der Waals surface area (Å²) in [4.78, 5) is 3.36. The van der Waals surface area contributed by atoms with Crippen LogP contribution >= 0.6 is 0 Å². The fraction of sp³-hybridized carbons (Fsp3) is 0.286. The molecule has 0 aliphatic rings. The number of hydrogen-bond donors (Lipinski definition) is 1. The van der Waals surface area contributed by atoms with Gasteiger partial charge in [0.15, 0.2) is 0 Å². The molecule has 2 heteroatoms. The minimum absolute atomic E-state index is 0.483. The number of anilines is 1. The molecule has 0 aliphatic heterocycles. The van der Waals surface area contributed by atoms with Gasteiger partial charge >= 0.3 is 0 Å². The van der Waals surface area contributed by atoms with Gasteiger partial charge in [0, 0.05) is 13.9 Å². The number of nitrogens with zero attached hydrogens (tertiary/aromatic N) is 1. The zero-order chi connectivity index (χ0) is 13.6. The summed E-state index contributed by atoms with van der Waals surface area (Å²) in [5.74, 6) is 0. The second-order valence-corrected chi connectivity index (χ2v) is 1.49. The van der Waals surface area contributed by atoms with Gasteiger partial charge in [0.05, 0.1) is 14.6 Å². The summed E-state index contributed by atoms with van der Waals surface area (Å²) in [6.07, 6.45) is -0.641. The molecule has 0 saturated heterocycles. The highest BCUT2D eigenvalue weighted by molar-refractivity contribution is 5.43. The van der Waals surface area contributed by atoms with Gasteiger partial charge in [0.2, 0.25) is 0 Å². The first-order valence-corrected chi connectivity index (χ1v) is 2.24. The van der Waals surface area contributed by atoms with E-state index in [-0.39, 0.29) is 0 Å². The van der Waals surface area contributed by atoms with Crippen molar-refractivity contribution in [3.63, 3.8) is 0 Å². The summed E-state index contributed by atoms with van der Waals surface area (Å²) in [5.41, 5.74) is 3.53. The number of pyridine rings is 1. The van der Waals surface area contributed by atoms with Crippen LogP contribution in [0.25, 0.3) is 0 Å². The van der Waals surface area contributed by atoms with Crippen molar-refractivity contribution < 1.29 is 11.0 Å². The highest BCUT2D eigenvalue weighted by Gasteiger charge is 1.91. The fourth-order valence-electron chi connectivity index (χ4n) is 0.386. The molecule has 0 bridgehead atoms. The summed E-state index contributed by atoms with van der Waals surface area (Å²) >= 11 is 0. The number of hydrogen-bond acceptors (Lipinski definition) is 2. The molecule has 0 amide bonds. The Kier molecular flexibility index (Phi) is 0.344. The summed E-state index contributed by atoms with van der Waals surface area (Å²) in [5, 5.41) is 0. The Balaban J connectivity index is 3.67. The van der Waals surface area contributed by atoms with Gasteiger partial charge in [0.1, 0.15) is 0 Å². The van der Waals surface area contributed by atoms with Gasteiger partial charge in [-0.15, -0.1) is 0 Å². The molecule has 9 heavy (non-hydrogen) atoms. The van der Waals surface area contributed by atoms with Gasteiger partial charge in [-0.05, 0) is 25.3 Å². The number of rotatable bonds is 0. The average molecular weight is 130 g/mol. The molecule has 0 radical (unpaired) electrons. The maximum Gasteiger partial charge on any atom is 0.0862 e. The molecule has 1 aromatic heterocycles. The third-order valence-corrected chi connectivity index (χ3v) is 0.801. The second kappa shape index (κ2) is 2.05. The van der Waals surface area contributed by atoms with E-state index in [1.165, 1.54) is 0 Å². The summed E-state index contributed by atoms with van der Waals surface area (Å²) in [6.45, 7) is -5.50. The van der Waals surface area contributed by atoms with Crippen LogP contribution in [0, 0.1) is 13.7 Å². The number of aryl methyl sites for hydroxylation is 1. The molecule has 0 saturated carbocycles. The molecule has 2 nitrogen and oxygen atoms in total. The van der Waals surface area contributed by atoms with E-state index >= 15 is 0 Å². The van der Waals surface area contributed by atoms with Gasteiger partial charge < -0.3 is 5.73 Å². The monoisotopic (exact) mass is 130 g/mol. The number of nitrogens with two attached hydrogens (primary N) is 1. The van der Waals surface area contributed by atoms with Crippen LogP contribution < -0.4 is 5.73 Å². The first-order chi connectivity index (χ1) is 7.46. The second-order valence-electron chi connectivity index (χ2n) is 1.49. The third kappa shape index (κ3) is 1.19. The lowest BCUT2D eigenvalue weighted by Crippen LogP contribution is -1.91. The van der Waals surface area contributed by atoms with Crippen molar-refractivity contribution in [3.05, 3.63) is 23.5 Å². The summed E-state index contributed by atoms with van der Waals surface area (Å²) in [6, 6.07) is -0.751. The molecule has 2 N–H and O–H groups in total. The van der Waals surface area contributed by atoms with E-state index in [2.05, 4.69) is 4.98 Å². The lowest BCUT2D eigenvalue weighted by atomic mass is 10.2. The minimum Gasteiger partial charge on any atom is -0.397 e. The topological polar surface area (TPSA) is 38.9 Å². The first-order valence-electron chi connectivity index (χ1n) is 6.24. The third-order valence-electron chi connectivity index (χ3n) is 0.801. The predicted octanol–water partition coefficient (Wildman–Crippen LogP) is 1.28. The fourth-order valence-corrected chi connectivity index (χ4v) is 0.386. The lowest BCUT2D eigenvalue weighted by molar-refractivity contribution is 1.18. The normalized spacial score (nSPS) is 25.3. The van der Waals surface area contributed by atoms with E-state index in [1.54, 1.807) is 0 Å². The smallest absolute Gasteiger partial charge is 0.0862 e. The molecule has 0 fully saturated rings. The standard InChI is InChI=1S/C7H10N2/c1-5-3-6(2)9-4-7(5)8/h3-4H,8H2,1-2H3/i1D3,2D3,3D,4D. The molecular weight excluding hydrogens is 112 g/mol. The summed E-state index contributed by atoms with van der Waals surface area (Å²) < 4.78 is 57.8. The van der Waals surface area contributed by atoms with Crippen LogP contribution in [-0.2, 0) is 0 Å². The molecule has 0 unspecified atom stereocenters. The molecule has 0 aliphatic carbocycles. The van der Waals surface area contributed by atoms with E-state index in [0.29, 0.717) is 0 Å². The number of nitrogen functional groups attached to an aromatic ring is 1. The van der Waals surface area contributed by atoms with Crippen molar-refractivity contribution in [1.82, 2.24) is 4.98 Å². The maximum atomic E-state index is 7.55. The van der Waals surface area contributed by atoms with Crippen LogP contribution in [-0.4, -0.2) is 4.98 Å². The van der Waals surface area contributed by atoms with Crippen LogP contribution in [0.3, 0.4) is 0 Å². The molecule has 0 atom stereocenters. The van der Waals surface area contributed by atoms with Crippen molar-refractivity contribution in [3.8, 4) is 0 Å². The Morgan fingerprint density at radius 3 is 3.33 bits per heavy atom. The van der Waals surface area contributed by atoms with E-state index in [0.717, 1.165) is 0 Å². The van der Waals surface area contributed by atoms with E-state index in [1.807, 2.05) is 0 Å². The van der Waals surface area contributed by atoms with Gasteiger partial charge in [-0.3, -0.25) is 4.98 Å². The SMILES string of the molecule is [2H]c1nc(C([2H])([2H])[2H])c([2H])c(C([2H])([2H])[2H])c1N. The molecular formula is C7H10N2. The van der Waals surface area contributed by atoms with Gasteiger partial charge in [-0.1, -0.05) is 0 Å². The highest BCUT2D eigenvalue weighted by atomic mass is 14.7. The van der Waals surface area contributed by atoms with Crippen molar-refractivity contribution in [2.75, 3.05) is 5.73 Å². The highest BCUT2D eigenvalue weighted by Crippen LogP contribution is 2.07. The Hall–Kier alpha value is -1.05. The van der Waals surface area contributed by atoms with E-state index in [4.69, 9.17) is 16.7 Å². The van der Waals surface area contributed by atoms with E-state index < -0.39 is 42.9 Å². The average Bonchev–Trinajstić information content (AvgIpc) is 2.07. The molecule has 1 heterocycles. The maximum absolute atomic E-state index is 7.55. The van der Waals surface area contributed by atoms with Gasteiger partial charge in [-0.25, -0.2) is 0 Å². The zero-order valence-corrected chi connectivity index (χ0v) is 4.52. The van der Waals surface area contributed by atoms with Crippen LogP contribution in [0.1, 0.15) is 22.2 Å². The van der Waals surface area contributed by atoms with Crippen LogP contribution in [0.4, 0.5) is 5.69 Å². The van der Waals surface area contributed by atoms with Gasteiger partial charge in [0.25, 0.3) is 0 Å². The molecule has 1 rings (SSSR count). The Labute approximate surface area is 66.0 Å². The molecule has 0 spiro atoms. The largest absolute Gasteiger partial charge is 0.397 e. The summed E-state index contributed by atoms with van der Waals surface area (Å²) in [7, 11) is 0.